The molecule has 2 aromatic carbocycles. The molecule has 0 saturated heterocycles. The van der Waals surface area contributed by atoms with Crippen molar-refractivity contribution in [3.63, 3.8) is 0 Å². The summed E-state index contributed by atoms with van der Waals surface area (Å²) in [6.07, 6.45) is 3.67. The molecule has 0 saturated carbocycles. The van der Waals surface area contributed by atoms with Gasteiger partial charge in [0, 0.05) is 7.05 Å². The van der Waals surface area contributed by atoms with Crippen LogP contribution in [0.4, 0.5) is 0 Å². The number of rotatable bonds is 2. The van der Waals surface area contributed by atoms with Crippen molar-refractivity contribution in [1.29, 1.82) is 0 Å². The van der Waals surface area contributed by atoms with Gasteiger partial charge in [0.05, 0.1) is 11.0 Å². The van der Waals surface area contributed by atoms with Gasteiger partial charge in [-0.25, -0.2) is 4.98 Å². The van der Waals surface area contributed by atoms with E-state index in [1.807, 2.05) is 60.7 Å². The zero-order valence-electron chi connectivity index (χ0n) is 11.2. The summed E-state index contributed by atoms with van der Waals surface area (Å²) in [5.41, 5.74) is 3.08. The van der Waals surface area contributed by atoms with E-state index in [0.717, 1.165) is 16.6 Å². The van der Waals surface area contributed by atoms with E-state index < -0.39 is 0 Å². The van der Waals surface area contributed by atoms with E-state index in [9.17, 15) is 4.79 Å². The predicted octanol–water partition coefficient (Wildman–Crippen LogP) is 3.10. The third-order valence-electron chi connectivity index (χ3n) is 3.24. The van der Waals surface area contributed by atoms with Gasteiger partial charge < -0.3 is 4.57 Å². The Labute approximate surface area is 116 Å². The van der Waals surface area contributed by atoms with Crippen LogP contribution in [0.3, 0.4) is 0 Å². The smallest absolute Gasteiger partial charge is 0.276 e. The molecular formula is C17H14N2O. The van der Waals surface area contributed by atoms with Crippen molar-refractivity contribution in [1.82, 2.24) is 9.55 Å². The molecule has 3 heteroatoms. The first-order chi connectivity index (χ1) is 9.75. The highest BCUT2D eigenvalue weighted by Crippen LogP contribution is 2.10. The topological polar surface area (TPSA) is 34.9 Å². The Bertz CT molecular complexity index is 832. The first kappa shape index (κ1) is 12.4. The van der Waals surface area contributed by atoms with E-state index in [2.05, 4.69) is 4.98 Å². The Kier molecular flexibility index (Phi) is 3.17. The summed E-state index contributed by atoms with van der Waals surface area (Å²) in [6.45, 7) is 0. The first-order valence-corrected chi connectivity index (χ1v) is 6.44. The Morgan fingerprint density at radius 2 is 1.65 bits per heavy atom. The molecule has 0 amide bonds. The van der Waals surface area contributed by atoms with Gasteiger partial charge in [0.15, 0.2) is 0 Å². The van der Waals surface area contributed by atoms with Crippen molar-refractivity contribution in [3.8, 4) is 0 Å². The fourth-order valence-electron chi connectivity index (χ4n) is 2.15. The average Bonchev–Trinajstić information content (AvgIpc) is 2.50. The van der Waals surface area contributed by atoms with Gasteiger partial charge in [0.1, 0.15) is 5.69 Å². The summed E-state index contributed by atoms with van der Waals surface area (Å²) in [5, 5.41) is 0. The summed E-state index contributed by atoms with van der Waals surface area (Å²) in [7, 11) is 1.77. The molecule has 0 atom stereocenters. The zero-order valence-corrected chi connectivity index (χ0v) is 11.2. The molecule has 0 fully saturated rings. The maximum Gasteiger partial charge on any atom is 0.276 e. The molecule has 20 heavy (non-hydrogen) atoms. The summed E-state index contributed by atoms with van der Waals surface area (Å²) in [4.78, 5) is 16.7. The lowest BCUT2D eigenvalue weighted by Crippen LogP contribution is -2.21. The Balaban J connectivity index is 2.11. The summed E-state index contributed by atoms with van der Waals surface area (Å²) < 4.78 is 1.63. The first-order valence-electron chi connectivity index (χ1n) is 6.44. The third-order valence-corrected chi connectivity index (χ3v) is 3.24. The van der Waals surface area contributed by atoms with Crippen LogP contribution in [0.25, 0.3) is 23.2 Å². The fourth-order valence-corrected chi connectivity index (χ4v) is 2.15. The Hall–Kier alpha value is -2.68. The highest BCUT2D eigenvalue weighted by atomic mass is 16.1. The average molecular weight is 262 g/mol. The minimum absolute atomic E-state index is 0.0871. The minimum atomic E-state index is -0.0871. The van der Waals surface area contributed by atoms with E-state index in [1.165, 1.54) is 0 Å². The number of hydrogen-bond donors (Lipinski definition) is 0. The van der Waals surface area contributed by atoms with Crippen LogP contribution >= 0.6 is 0 Å². The molecule has 3 nitrogen and oxygen atoms in total. The SMILES string of the molecule is Cn1c(=O)c(/C=C/c2ccccc2)nc2ccccc21. The van der Waals surface area contributed by atoms with Crippen molar-refractivity contribution in [3.05, 3.63) is 76.2 Å². The highest BCUT2D eigenvalue weighted by Gasteiger charge is 2.05. The van der Waals surface area contributed by atoms with Crippen molar-refractivity contribution in [2.45, 2.75) is 0 Å². The third kappa shape index (κ3) is 2.26. The van der Waals surface area contributed by atoms with Crippen LogP contribution in [-0.2, 0) is 7.05 Å². The molecule has 0 bridgehead atoms. The Morgan fingerprint density at radius 1 is 0.950 bits per heavy atom. The molecule has 0 aliphatic carbocycles. The molecule has 0 aliphatic heterocycles. The van der Waals surface area contributed by atoms with E-state index >= 15 is 0 Å². The molecule has 1 heterocycles. The number of benzene rings is 2. The second-order valence-corrected chi connectivity index (χ2v) is 4.59. The van der Waals surface area contributed by atoms with Crippen molar-refractivity contribution < 1.29 is 0 Å². The number of fused-ring (bicyclic) bond motifs is 1. The standard InChI is InChI=1S/C17H14N2O/c1-19-16-10-6-5-9-14(16)18-15(17(19)20)12-11-13-7-3-2-4-8-13/h2-12H,1H3/b12-11+. The van der Waals surface area contributed by atoms with E-state index in [4.69, 9.17) is 0 Å². The molecule has 0 unspecified atom stereocenters. The van der Waals surface area contributed by atoms with Crippen LogP contribution in [0.5, 0.6) is 0 Å². The van der Waals surface area contributed by atoms with E-state index in [-0.39, 0.29) is 5.56 Å². The van der Waals surface area contributed by atoms with Gasteiger partial charge in [-0.05, 0) is 23.8 Å². The van der Waals surface area contributed by atoms with E-state index in [1.54, 1.807) is 17.7 Å². The monoisotopic (exact) mass is 262 g/mol. The molecule has 3 aromatic rings. The van der Waals surface area contributed by atoms with Gasteiger partial charge >= 0.3 is 0 Å². The molecule has 0 radical (unpaired) electrons. The molecule has 0 spiro atoms. The zero-order chi connectivity index (χ0) is 13.9. The normalized spacial score (nSPS) is 11.2. The quantitative estimate of drug-likeness (QED) is 0.711. The van der Waals surface area contributed by atoms with E-state index in [0.29, 0.717) is 5.69 Å². The van der Waals surface area contributed by atoms with Crippen LogP contribution in [0.1, 0.15) is 11.3 Å². The second kappa shape index (κ2) is 5.13. The minimum Gasteiger partial charge on any atom is -0.308 e. The largest absolute Gasteiger partial charge is 0.308 e. The van der Waals surface area contributed by atoms with Gasteiger partial charge in [0.25, 0.3) is 5.56 Å². The van der Waals surface area contributed by atoms with Gasteiger partial charge in [-0.1, -0.05) is 48.5 Å². The number of aryl methyl sites for hydroxylation is 1. The van der Waals surface area contributed by atoms with Gasteiger partial charge in [0.2, 0.25) is 0 Å². The molecular weight excluding hydrogens is 248 g/mol. The lowest BCUT2D eigenvalue weighted by atomic mass is 10.2. The van der Waals surface area contributed by atoms with Gasteiger partial charge in [-0.3, -0.25) is 4.79 Å². The number of aromatic nitrogens is 2. The lowest BCUT2D eigenvalue weighted by molar-refractivity contribution is 0.887. The molecule has 98 valence electrons. The van der Waals surface area contributed by atoms with Crippen molar-refractivity contribution in [2.24, 2.45) is 7.05 Å². The molecule has 1 aromatic heterocycles. The predicted molar refractivity (Wildman–Crippen MR) is 82.4 cm³/mol. The highest BCUT2D eigenvalue weighted by molar-refractivity contribution is 5.77. The van der Waals surface area contributed by atoms with Gasteiger partial charge in [-0.2, -0.15) is 0 Å². The van der Waals surface area contributed by atoms with Crippen LogP contribution in [-0.4, -0.2) is 9.55 Å². The number of para-hydroxylation sites is 2. The summed E-state index contributed by atoms with van der Waals surface area (Å²) >= 11 is 0. The lowest BCUT2D eigenvalue weighted by Gasteiger charge is -2.05. The molecule has 0 aliphatic rings. The summed E-state index contributed by atoms with van der Waals surface area (Å²) in [5.74, 6) is 0. The number of hydrogen-bond acceptors (Lipinski definition) is 2. The van der Waals surface area contributed by atoms with Crippen LogP contribution in [0.15, 0.2) is 59.4 Å². The van der Waals surface area contributed by atoms with Crippen LogP contribution in [0.2, 0.25) is 0 Å². The van der Waals surface area contributed by atoms with Crippen molar-refractivity contribution >= 4 is 23.2 Å². The second-order valence-electron chi connectivity index (χ2n) is 4.59. The van der Waals surface area contributed by atoms with Gasteiger partial charge in [-0.15, -0.1) is 0 Å². The maximum atomic E-state index is 12.3. The summed E-state index contributed by atoms with van der Waals surface area (Å²) in [6, 6.07) is 17.5. The fraction of sp³-hybridized carbons (Fsp3) is 0.0588. The molecule has 3 rings (SSSR count). The molecule has 0 N–H and O–H groups in total. The van der Waals surface area contributed by atoms with Crippen LogP contribution in [0, 0.1) is 0 Å². The number of nitrogens with zero attached hydrogens (tertiary/aromatic N) is 2. The van der Waals surface area contributed by atoms with Crippen LogP contribution < -0.4 is 5.56 Å². The Morgan fingerprint density at radius 3 is 2.45 bits per heavy atom. The maximum absolute atomic E-state index is 12.3. The van der Waals surface area contributed by atoms with Crippen molar-refractivity contribution in [2.75, 3.05) is 0 Å².